The van der Waals surface area contributed by atoms with E-state index in [4.69, 9.17) is 9.47 Å². The van der Waals surface area contributed by atoms with Crippen molar-refractivity contribution in [2.24, 2.45) is 17.3 Å². The number of hydrogen-bond donors (Lipinski definition) is 2. The zero-order valence-corrected chi connectivity index (χ0v) is 19.5. The van der Waals surface area contributed by atoms with Crippen molar-refractivity contribution in [3.63, 3.8) is 0 Å². The van der Waals surface area contributed by atoms with Gasteiger partial charge < -0.3 is 14.8 Å². The number of nitrogens with zero attached hydrogens (tertiary/aromatic N) is 1. The first-order valence-electron chi connectivity index (χ1n) is 12.2. The van der Waals surface area contributed by atoms with Gasteiger partial charge >= 0.3 is 12.1 Å². The number of rotatable bonds is 9. The van der Waals surface area contributed by atoms with E-state index in [9.17, 15) is 14.4 Å². The van der Waals surface area contributed by atoms with Crippen LogP contribution in [0.15, 0.2) is 30.3 Å². The largest absolute Gasteiger partial charge is 0.446 e. The predicted molar refractivity (Wildman–Crippen MR) is 122 cm³/mol. The molecule has 0 bridgehead atoms. The number of esters is 1. The summed E-state index contributed by atoms with van der Waals surface area (Å²) < 4.78 is 11.1. The quantitative estimate of drug-likeness (QED) is 0.435. The van der Waals surface area contributed by atoms with E-state index in [-0.39, 0.29) is 24.4 Å². The SMILES string of the molecule is CCCCCCC(C)C(=O)OC1NCC12CNCC2C(=O)N1C(=O)OC[C@H]1c1ccccc1. The molecule has 0 saturated carbocycles. The summed E-state index contributed by atoms with van der Waals surface area (Å²) in [4.78, 5) is 40.1. The topological polar surface area (TPSA) is 97.0 Å². The maximum absolute atomic E-state index is 13.6. The minimum Gasteiger partial charge on any atom is -0.446 e. The van der Waals surface area contributed by atoms with Gasteiger partial charge in [0, 0.05) is 19.6 Å². The van der Waals surface area contributed by atoms with Gasteiger partial charge in [-0.05, 0) is 12.0 Å². The molecular formula is C25H35N3O5. The second-order valence-electron chi connectivity index (χ2n) is 9.58. The standard InChI is InChI=1S/C25H35N3O5/c1-3-4-5-7-10-17(2)22(30)33-23-25(16-27-23)15-26-13-19(25)21(29)28-20(14-32-24(28)31)18-11-8-6-9-12-18/h6,8-9,11-12,17,19-20,23,26-27H,3-5,7,10,13-16H2,1-2H3/t17?,19?,20-,23?,25?/m0/s1. The first-order valence-corrected chi connectivity index (χ1v) is 12.2. The average Bonchev–Trinajstić information content (AvgIpc) is 3.45. The van der Waals surface area contributed by atoms with Crippen LogP contribution < -0.4 is 10.6 Å². The van der Waals surface area contributed by atoms with Crippen LogP contribution in [0, 0.1) is 17.3 Å². The minimum absolute atomic E-state index is 0.147. The molecule has 3 aliphatic rings. The lowest BCUT2D eigenvalue weighted by atomic mass is 9.70. The molecule has 2 N–H and O–H groups in total. The molecule has 0 aliphatic carbocycles. The van der Waals surface area contributed by atoms with Crippen LogP contribution in [-0.2, 0) is 19.1 Å². The Morgan fingerprint density at radius 1 is 1.21 bits per heavy atom. The molecule has 0 aromatic heterocycles. The van der Waals surface area contributed by atoms with E-state index < -0.39 is 29.7 Å². The van der Waals surface area contributed by atoms with Crippen LogP contribution in [0.25, 0.3) is 0 Å². The maximum Gasteiger partial charge on any atom is 0.417 e. The Labute approximate surface area is 195 Å². The number of ether oxygens (including phenoxy) is 2. The molecule has 4 rings (SSSR count). The Morgan fingerprint density at radius 2 is 2.00 bits per heavy atom. The number of carbonyl (C=O) groups is 3. The third-order valence-corrected chi connectivity index (χ3v) is 7.36. The van der Waals surface area contributed by atoms with E-state index in [0.29, 0.717) is 19.6 Å². The van der Waals surface area contributed by atoms with Crippen molar-refractivity contribution < 1.29 is 23.9 Å². The van der Waals surface area contributed by atoms with Crippen molar-refractivity contribution >= 4 is 18.0 Å². The molecule has 5 atom stereocenters. The summed E-state index contributed by atoms with van der Waals surface area (Å²) in [5.74, 6) is -1.16. The van der Waals surface area contributed by atoms with Crippen LogP contribution in [0.1, 0.15) is 57.6 Å². The molecular weight excluding hydrogens is 422 g/mol. The summed E-state index contributed by atoms with van der Waals surface area (Å²) >= 11 is 0. The van der Waals surface area contributed by atoms with Gasteiger partial charge in [-0.25, -0.2) is 9.69 Å². The van der Waals surface area contributed by atoms with E-state index >= 15 is 0 Å². The second-order valence-corrected chi connectivity index (χ2v) is 9.58. The van der Waals surface area contributed by atoms with Gasteiger partial charge in [0.05, 0.1) is 17.3 Å². The first-order chi connectivity index (χ1) is 16.0. The zero-order chi connectivity index (χ0) is 23.4. The molecule has 3 heterocycles. The minimum atomic E-state index is -0.613. The molecule has 1 spiro atoms. The lowest BCUT2D eigenvalue weighted by Gasteiger charge is -2.49. The fourth-order valence-corrected chi connectivity index (χ4v) is 5.16. The van der Waals surface area contributed by atoms with Crippen LogP contribution in [-0.4, -0.2) is 55.3 Å². The van der Waals surface area contributed by atoms with Crippen molar-refractivity contribution in [2.75, 3.05) is 26.2 Å². The van der Waals surface area contributed by atoms with Gasteiger partial charge in [-0.2, -0.15) is 0 Å². The van der Waals surface area contributed by atoms with Gasteiger partial charge in [0.25, 0.3) is 0 Å². The summed E-state index contributed by atoms with van der Waals surface area (Å²) in [5.41, 5.74) is 0.307. The van der Waals surface area contributed by atoms with Crippen LogP contribution in [0.5, 0.6) is 0 Å². The number of imide groups is 1. The van der Waals surface area contributed by atoms with E-state index in [0.717, 1.165) is 31.2 Å². The van der Waals surface area contributed by atoms with Crippen molar-refractivity contribution in [3.05, 3.63) is 35.9 Å². The van der Waals surface area contributed by atoms with Crippen molar-refractivity contribution in [3.8, 4) is 0 Å². The molecule has 2 amide bonds. The van der Waals surface area contributed by atoms with Crippen molar-refractivity contribution in [1.29, 1.82) is 0 Å². The molecule has 8 heteroatoms. The lowest BCUT2D eigenvalue weighted by molar-refractivity contribution is -0.183. The smallest absolute Gasteiger partial charge is 0.417 e. The number of benzene rings is 1. The van der Waals surface area contributed by atoms with Gasteiger partial charge in [0.1, 0.15) is 12.6 Å². The van der Waals surface area contributed by atoms with E-state index in [1.54, 1.807) is 0 Å². The number of cyclic esters (lactones) is 1. The third-order valence-electron chi connectivity index (χ3n) is 7.36. The van der Waals surface area contributed by atoms with Gasteiger partial charge in [0.15, 0.2) is 6.23 Å². The number of amides is 2. The summed E-state index contributed by atoms with van der Waals surface area (Å²) in [5, 5.41) is 6.49. The molecule has 3 fully saturated rings. The molecule has 0 radical (unpaired) electrons. The van der Waals surface area contributed by atoms with Crippen LogP contribution >= 0.6 is 0 Å². The van der Waals surface area contributed by atoms with Gasteiger partial charge in [0.2, 0.25) is 5.91 Å². The highest BCUT2D eigenvalue weighted by molar-refractivity contribution is 5.96. The lowest BCUT2D eigenvalue weighted by Crippen LogP contribution is -2.69. The van der Waals surface area contributed by atoms with Gasteiger partial charge in [-0.3, -0.25) is 14.9 Å². The molecule has 4 unspecified atom stereocenters. The number of carbonyl (C=O) groups excluding carboxylic acids is 3. The van der Waals surface area contributed by atoms with Crippen molar-refractivity contribution in [2.45, 2.75) is 58.2 Å². The zero-order valence-electron chi connectivity index (χ0n) is 19.5. The van der Waals surface area contributed by atoms with Crippen molar-refractivity contribution in [1.82, 2.24) is 15.5 Å². The van der Waals surface area contributed by atoms with Crippen LogP contribution in [0.2, 0.25) is 0 Å². The van der Waals surface area contributed by atoms with Gasteiger partial charge in [-0.1, -0.05) is 69.9 Å². The summed E-state index contributed by atoms with van der Waals surface area (Å²) in [7, 11) is 0. The molecule has 3 saturated heterocycles. The Kier molecular flexibility index (Phi) is 7.34. The molecule has 3 aliphatic heterocycles. The monoisotopic (exact) mass is 457 g/mol. The average molecular weight is 458 g/mol. The first kappa shape index (κ1) is 23.7. The molecule has 1 aromatic rings. The molecule has 1 aromatic carbocycles. The molecule has 180 valence electrons. The second kappa shape index (κ2) is 10.2. The summed E-state index contributed by atoms with van der Waals surface area (Å²) in [6, 6.07) is 9.01. The van der Waals surface area contributed by atoms with Gasteiger partial charge in [-0.15, -0.1) is 0 Å². The predicted octanol–water partition coefficient (Wildman–Crippen LogP) is 2.99. The summed E-state index contributed by atoms with van der Waals surface area (Å²) in [6.45, 7) is 5.76. The fourth-order valence-electron chi connectivity index (χ4n) is 5.16. The van der Waals surface area contributed by atoms with Crippen LogP contribution in [0.3, 0.4) is 0 Å². The summed E-state index contributed by atoms with van der Waals surface area (Å²) in [6.07, 6.45) is 4.11. The Morgan fingerprint density at radius 3 is 2.70 bits per heavy atom. The molecule has 33 heavy (non-hydrogen) atoms. The Bertz CT molecular complexity index is 863. The number of hydrogen-bond acceptors (Lipinski definition) is 7. The van der Waals surface area contributed by atoms with E-state index in [2.05, 4.69) is 17.6 Å². The maximum atomic E-state index is 13.6. The highest BCUT2D eigenvalue weighted by atomic mass is 16.6. The fraction of sp³-hybridized carbons (Fsp3) is 0.640. The Hall–Kier alpha value is -2.45. The highest BCUT2D eigenvalue weighted by Gasteiger charge is 2.61. The number of unbranched alkanes of at least 4 members (excludes halogenated alkanes) is 3. The third kappa shape index (κ3) is 4.64. The normalized spacial score (nSPS) is 29.6. The van der Waals surface area contributed by atoms with E-state index in [1.165, 1.54) is 11.3 Å². The van der Waals surface area contributed by atoms with E-state index in [1.807, 2.05) is 37.3 Å². The van der Waals surface area contributed by atoms with Crippen LogP contribution in [0.4, 0.5) is 4.79 Å². The highest BCUT2D eigenvalue weighted by Crippen LogP contribution is 2.44. The molecule has 8 nitrogen and oxygen atoms in total. The number of nitrogens with one attached hydrogen (secondary N) is 2. The Balaban J connectivity index is 1.43.